The van der Waals surface area contributed by atoms with E-state index in [4.69, 9.17) is 5.73 Å². The van der Waals surface area contributed by atoms with Crippen LogP contribution in [0.5, 0.6) is 0 Å². The maximum absolute atomic E-state index is 6.10. The van der Waals surface area contributed by atoms with Crippen molar-refractivity contribution in [3.8, 4) is 11.1 Å². The van der Waals surface area contributed by atoms with Gasteiger partial charge >= 0.3 is 0 Å². The molecular weight excluding hydrogens is 326 g/mol. The van der Waals surface area contributed by atoms with Crippen molar-refractivity contribution in [2.45, 2.75) is 44.9 Å². The zero-order valence-electron chi connectivity index (χ0n) is 12.2. The van der Waals surface area contributed by atoms with Gasteiger partial charge in [-0.25, -0.2) is 0 Å². The summed E-state index contributed by atoms with van der Waals surface area (Å²) in [6.45, 7) is 0. The van der Waals surface area contributed by atoms with Crippen LogP contribution < -0.4 is 5.73 Å². The Morgan fingerprint density at radius 1 is 1.19 bits per heavy atom. The molecule has 1 fully saturated rings. The fourth-order valence-electron chi connectivity index (χ4n) is 3.36. The lowest BCUT2D eigenvalue weighted by Crippen LogP contribution is -2.05. The summed E-state index contributed by atoms with van der Waals surface area (Å²) in [5.41, 5.74) is 9.52. The molecule has 4 heteroatoms. The first-order valence-electron chi connectivity index (χ1n) is 7.82. The number of hydrogen-bond acceptors (Lipinski definition) is 2. The third-order valence-corrected chi connectivity index (χ3v) is 4.94. The van der Waals surface area contributed by atoms with Crippen molar-refractivity contribution >= 4 is 21.7 Å². The van der Waals surface area contributed by atoms with Crippen molar-refractivity contribution < 1.29 is 0 Å². The van der Waals surface area contributed by atoms with Gasteiger partial charge in [0.15, 0.2) is 5.82 Å². The van der Waals surface area contributed by atoms with Gasteiger partial charge in [0.05, 0.1) is 0 Å². The van der Waals surface area contributed by atoms with Crippen LogP contribution in [0.15, 0.2) is 28.7 Å². The lowest BCUT2D eigenvalue weighted by molar-refractivity contribution is 0.453. The molecule has 2 aromatic rings. The number of hydrogen-bond donors (Lipinski definition) is 2. The average molecular weight is 348 g/mol. The van der Waals surface area contributed by atoms with Gasteiger partial charge in [-0.1, -0.05) is 66.6 Å². The number of nitrogens with one attached hydrogen (secondary N) is 1. The fourth-order valence-corrected chi connectivity index (χ4v) is 3.76. The van der Waals surface area contributed by atoms with Gasteiger partial charge in [0.2, 0.25) is 0 Å². The summed E-state index contributed by atoms with van der Waals surface area (Å²) in [7, 11) is 0. The van der Waals surface area contributed by atoms with Crippen molar-refractivity contribution in [3.63, 3.8) is 0 Å². The molecule has 0 aliphatic heterocycles. The first kappa shape index (κ1) is 14.6. The highest BCUT2D eigenvalue weighted by molar-refractivity contribution is 9.10. The van der Waals surface area contributed by atoms with Gasteiger partial charge in [-0.15, -0.1) is 0 Å². The number of nitrogens with zero attached hydrogens (tertiary/aromatic N) is 1. The Labute approximate surface area is 134 Å². The molecule has 112 valence electrons. The normalized spacial score (nSPS) is 16.8. The van der Waals surface area contributed by atoms with Gasteiger partial charge in [0.1, 0.15) is 0 Å². The molecule has 3 N–H and O–H groups in total. The monoisotopic (exact) mass is 347 g/mol. The molecule has 1 heterocycles. The first-order chi connectivity index (χ1) is 10.2. The number of H-pyrrole nitrogens is 1. The number of aromatic nitrogens is 2. The third kappa shape index (κ3) is 3.49. The molecule has 1 saturated carbocycles. The highest BCUT2D eigenvalue weighted by Gasteiger charge is 2.19. The molecule has 21 heavy (non-hydrogen) atoms. The minimum atomic E-state index is 0.608. The van der Waals surface area contributed by atoms with E-state index in [1.54, 1.807) is 0 Å². The summed E-state index contributed by atoms with van der Waals surface area (Å²) >= 11 is 3.53. The zero-order valence-corrected chi connectivity index (χ0v) is 13.8. The minimum absolute atomic E-state index is 0.608. The molecule has 1 aliphatic rings. The molecule has 1 aromatic carbocycles. The lowest BCUT2D eigenvalue weighted by atomic mass is 9.92. The second-order valence-electron chi connectivity index (χ2n) is 6.03. The number of benzene rings is 1. The molecule has 0 radical (unpaired) electrons. The highest BCUT2D eigenvalue weighted by atomic mass is 79.9. The van der Waals surface area contributed by atoms with E-state index in [0.29, 0.717) is 5.82 Å². The molecule has 1 aromatic heterocycles. The predicted molar refractivity (Wildman–Crippen MR) is 91.0 cm³/mol. The van der Waals surface area contributed by atoms with Crippen molar-refractivity contribution in [2.24, 2.45) is 5.92 Å². The molecule has 0 amide bonds. The van der Waals surface area contributed by atoms with Crippen LogP contribution in [-0.4, -0.2) is 10.2 Å². The van der Waals surface area contributed by atoms with E-state index < -0.39 is 0 Å². The maximum Gasteiger partial charge on any atom is 0.153 e. The van der Waals surface area contributed by atoms with E-state index >= 15 is 0 Å². The maximum atomic E-state index is 6.10. The SMILES string of the molecule is Nc1n[nH]c(CC2CCCCCC2)c1-c1cccc(Br)c1. The van der Waals surface area contributed by atoms with Gasteiger partial charge in [-0.05, 0) is 30.0 Å². The van der Waals surface area contributed by atoms with Crippen LogP contribution in [0.2, 0.25) is 0 Å². The van der Waals surface area contributed by atoms with E-state index in [1.165, 1.54) is 44.2 Å². The molecule has 0 unspecified atom stereocenters. The number of nitrogens with two attached hydrogens (primary N) is 1. The van der Waals surface area contributed by atoms with Crippen LogP contribution >= 0.6 is 15.9 Å². The number of anilines is 1. The Hall–Kier alpha value is -1.29. The number of nitrogen functional groups attached to an aromatic ring is 1. The Balaban J connectivity index is 1.86. The third-order valence-electron chi connectivity index (χ3n) is 4.45. The standard InChI is InChI=1S/C17H22BrN3/c18-14-9-5-8-13(11-14)16-15(20-21-17(16)19)10-12-6-3-1-2-4-7-12/h5,8-9,11-12H,1-4,6-7,10H2,(H3,19,20,21). The largest absolute Gasteiger partial charge is 0.382 e. The molecule has 3 nitrogen and oxygen atoms in total. The van der Waals surface area contributed by atoms with Crippen LogP contribution in [0.3, 0.4) is 0 Å². The van der Waals surface area contributed by atoms with Gasteiger partial charge in [0, 0.05) is 15.7 Å². The van der Waals surface area contributed by atoms with E-state index in [1.807, 2.05) is 12.1 Å². The molecule has 0 saturated heterocycles. The lowest BCUT2D eigenvalue weighted by Gasteiger charge is -2.14. The second-order valence-corrected chi connectivity index (χ2v) is 6.95. The second kappa shape index (κ2) is 6.65. The minimum Gasteiger partial charge on any atom is -0.382 e. The highest BCUT2D eigenvalue weighted by Crippen LogP contribution is 2.33. The van der Waals surface area contributed by atoms with Crippen LogP contribution in [-0.2, 0) is 6.42 Å². The van der Waals surface area contributed by atoms with Crippen LogP contribution in [0, 0.1) is 5.92 Å². The molecule has 0 bridgehead atoms. The zero-order chi connectivity index (χ0) is 14.7. The number of halogens is 1. The molecule has 1 aliphatic carbocycles. The van der Waals surface area contributed by atoms with Crippen LogP contribution in [0.1, 0.15) is 44.2 Å². The van der Waals surface area contributed by atoms with Gasteiger partial charge in [0.25, 0.3) is 0 Å². The molecule has 0 atom stereocenters. The first-order valence-corrected chi connectivity index (χ1v) is 8.62. The Morgan fingerprint density at radius 3 is 2.67 bits per heavy atom. The molecule has 3 rings (SSSR count). The smallest absolute Gasteiger partial charge is 0.153 e. The van der Waals surface area contributed by atoms with Crippen molar-refractivity contribution in [1.29, 1.82) is 0 Å². The van der Waals surface area contributed by atoms with Gasteiger partial charge < -0.3 is 5.73 Å². The molecule has 0 spiro atoms. The van der Waals surface area contributed by atoms with Crippen molar-refractivity contribution in [1.82, 2.24) is 10.2 Å². The number of aromatic amines is 1. The number of rotatable bonds is 3. The fraction of sp³-hybridized carbons (Fsp3) is 0.471. The summed E-state index contributed by atoms with van der Waals surface area (Å²) in [5.74, 6) is 1.37. The van der Waals surface area contributed by atoms with E-state index in [2.05, 4.69) is 38.3 Å². The van der Waals surface area contributed by atoms with Gasteiger partial charge in [-0.2, -0.15) is 5.10 Å². The van der Waals surface area contributed by atoms with Crippen molar-refractivity contribution in [2.75, 3.05) is 5.73 Å². The van der Waals surface area contributed by atoms with E-state index in [0.717, 1.165) is 27.9 Å². The van der Waals surface area contributed by atoms with E-state index in [-0.39, 0.29) is 0 Å². The van der Waals surface area contributed by atoms with Gasteiger partial charge in [-0.3, -0.25) is 5.10 Å². The van der Waals surface area contributed by atoms with E-state index in [9.17, 15) is 0 Å². The Bertz CT molecular complexity index is 598. The predicted octanol–water partition coefficient (Wildman–Crippen LogP) is 4.93. The van der Waals surface area contributed by atoms with Crippen LogP contribution in [0.4, 0.5) is 5.82 Å². The summed E-state index contributed by atoms with van der Waals surface area (Å²) in [5, 5.41) is 7.42. The summed E-state index contributed by atoms with van der Waals surface area (Å²) in [4.78, 5) is 0. The van der Waals surface area contributed by atoms with Crippen molar-refractivity contribution in [3.05, 3.63) is 34.4 Å². The Morgan fingerprint density at radius 2 is 1.95 bits per heavy atom. The van der Waals surface area contributed by atoms with Crippen LogP contribution in [0.25, 0.3) is 11.1 Å². The Kier molecular flexibility index (Phi) is 4.63. The summed E-state index contributed by atoms with van der Waals surface area (Å²) in [6, 6.07) is 8.28. The molecular formula is C17H22BrN3. The quantitative estimate of drug-likeness (QED) is 0.773. The topological polar surface area (TPSA) is 54.7 Å². The summed E-state index contributed by atoms with van der Waals surface area (Å²) < 4.78 is 1.07. The average Bonchev–Trinajstić information content (AvgIpc) is 2.67. The summed E-state index contributed by atoms with van der Waals surface area (Å²) in [6.07, 6.45) is 9.22.